The van der Waals surface area contributed by atoms with Crippen molar-refractivity contribution in [2.75, 3.05) is 31.1 Å². The highest BCUT2D eigenvalue weighted by atomic mass is 19.1. The smallest absolute Gasteiger partial charge is 0.242 e. The molecule has 10 nitrogen and oxygen atoms in total. The van der Waals surface area contributed by atoms with Crippen LogP contribution >= 0.6 is 0 Å². The van der Waals surface area contributed by atoms with Gasteiger partial charge in [0.1, 0.15) is 12.7 Å². The molecule has 1 aromatic carbocycles. The monoisotopic (exact) mass is 558 g/mol. The van der Waals surface area contributed by atoms with Crippen LogP contribution < -0.4 is 10.2 Å². The summed E-state index contributed by atoms with van der Waals surface area (Å²) in [7, 11) is 1.91. The van der Waals surface area contributed by atoms with Gasteiger partial charge in [0.2, 0.25) is 5.91 Å². The van der Waals surface area contributed by atoms with Crippen LogP contribution in [0.15, 0.2) is 55.2 Å². The second-order valence-electron chi connectivity index (χ2n) is 11.2. The number of carbonyl (C=O) groups excluding carboxylic acids is 2. The fourth-order valence-electron chi connectivity index (χ4n) is 6.20. The van der Waals surface area contributed by atoms with Gasteiger partial charge in [-0.05, 0) is 43.5 Å². The zero-order chi connectivity index (χ0) is 28.5. The van der Waals surface area contributed by atoms with Crippen LogP contribution in [0.25, 0.3) is 22.0 Å². The number of alkyl halides is 1. The SMILES string of the molecule is CC(=O)c1cn(CC(=O)N2CC(F)C[C@H]2CNC2CCCN(c3cnn(C)c3)C2)c2ccc(-c3ccnnc3)cc12. The molecule has 2 saturated heterocycles. The van der Waals surface area contributed by atoms with Crippen LogP contribution in [0, 0.1) is 0 Å². The molecule has 11 heteroatoms. The van der Waals surface area contributed by atoms with E-state index in [-0.39, 0.29) is 36.9 Å². The standard InChI is InChI=1S/C30H35FN8O2/c1-20(40)28-18-38(29-6-5-21(10-27(28)29)22-7-8-33-34-12-22)19-30(41)39-15-23(31)11-25(39)13-32-24-4-3-9-37(16-24)26-14-35-36(2)17-26/h5-8,10,12,14,17-18,23-25,32H,3-4,9,11,13,15-16,19H2,1-2H3/t23?,24?,25-/m0/s1. The maximum absolute atomic E-state index is 14.6. The Labute approximate surface area is 238 Å². The van der Waals surface area contributed by atoms with Crippen LogP contribution in [0.2, 0.25) is 0 Å². The number of carbonyl (C=O) groups is 2. The molecule has 0 aliphatic carbocycles. The molecule has 2 aliphatic rings. The van der Waals surface area contributed by atoms with Crippen molar-refractivity contribution in [1.29, 1.82) is 0 Å². The Morgan fingerprint density at radius 3 is 2.73 bits per heavy atom. The number of nitrogens with one attached hydrogen (secondary N) is 1. The molecule has 3 aromatic heterocycles. The van der Waals surface area contributed by atoms with Gasteiger partial charge >= 0.3 is 0 Å². The summed E-state index contributed by atoms with van der Waals surface area (Å²) in [5.74, 6) is -0.224. The third-order valence-corrected chi connectivity index (χ3v) is 8.29. The van der Waals surface area contributed by atoms with Crippen LogP contribution in [0.5, 0.6) is 0 Å². The molecule has 2 fully saturated rings. The first kappa shape index (κ1) is 27.1. The summed E-state index contributed by atoms with van der Waals surface area (Å²) >= 11 is 0. The number of aryl methyl sites for hydroxylation is 1. The predicted octanol–water partition coefficient (Wildman–Crippen LogP) is 3.23. The molecule has 5 heterocycles. The van der Waals surface area contributed by atoms with Gasteiger partial charge in [-0.2, -0.15) is 15.3 Å². The van der Waals surface area contributed by atoms with Crippen molar-refractivity contribution in [2.24, 2.45) is 7.05 Å². The third-order valence-electron chi connectivity index (χ3n) is 8.29. The summed E-state index contributed by atoms with van der Waals surface area (Å²) in [5, 5.41) is 16.5. The van der Waals surface area contributed by atoms with Crippen molar-refractivity contribution in [3.05, 3.63) is 60.8 Å². The van der Waals surface area contributed by atoms with Crippen molar-refractivity contribution in [3.8, 4) is 11.1 Å². The second-order valence-corrected chi connectivity index (χ2v) is 11.2. The zero-order valence-electron chi connectivity index (χ0n) is 23.4. The van der Waals surface area contributed by atoms with Gasteiger partial charge in [0.15, 0.2) is 5.78 Å². The third kappa shape index (κ3) is 5.72. The summed E-state index contributed by atoms with van der Waals surface area (Å²) in [6.45, 7) is 4.05. The van der Waals surface area contributed by atoms with E-state index >= 15 is 0 Å². The number of ketones is 1. The number of anilines is 1. The first-order valence-corrected chi connectivity index (χ1v) is 14.2. The Bertz CT molecular complexity index is 1550. The molecular weight excluding hydrogens is 523 g/mol. The highest BCUT2D eigenvalue weighted by molar-refractivity contribution is 6.08. The highest BCUT2D eigenvalue weighted by Gasteiger charge is 2.36. The Kier molecular flexibility index (Phi) is 7.53. The lowest BCUT2D eigenvalue weighted by atomic mass is 10.0. The van der Waals surface area contributed by atoms with Crippen molar-refractivity contribution in [3.63, 3.8) is 0 Å². The molecule has 2 aliphatic heterocycles. The minimum absolute atomic E-state index is 0.0430. The van der Waals surface area contributed by atoms with Crippen LogP contribution in [0.4, 0.5) is 10.1 Å². The van der Waals surface area contributed by atoms with E-state index < -0.39 is 6.17 Å². The number of hydrogen-bond acceptors (Lipinski definition) is 7. The van der Waals surface area contributed by atoms with Gasteiger partial charge in [-0.25, -0.2) is 4.39 Å². The molecule has 41 heavy (non-hydrogen) atoms. The van der Waals surface area contributed by atoms with Gasteiger partial charge in [0, 0.05) is 79.6 Å². The van der Waals surface area contributed by atoms with E-state index in [2.05, 4.69) is 25.5 Å². The quantitative estimate of drug-likeness (QED) is 0.332. The van der Waals surface area contributed by atoms with E-state index in [0.717, 1.165) is 53.6 Å². The lowest BCUT2D eigenvalue weighted by molar-refractivity contribution is -0.132. The van der Waals surface area contributed by atoms with Crippen molar-refractivity contribution >= 4 is 28.3 Å². The van der Waals surface area contributed by atoms with E-state index in [1.165, 1.54) is 6.92 Å². The van der Waals surface area contributed by atoms with Crippen LogP contribution in [0.3, 0.4) is 0 Å². The molecule has 4 aromatic rings. The molecule has 2 unspecified atom stereocenters. The Morgan fingerprint density at radius 2 is 1.98 bits per heavy atom. The number of aromatic nitrogens is 5. The Morgan fingerprint density at radius 1 is 1.10 bits per heavy atom. The lowest BCUT2D eigenvalue weighted by Gasteiger charge is -2.35. The number of hydrogen-bond donors (Lipinski definition) is 1. The molecule has 1 N–H and O–H groups in total. The molecule has 0 spiro atoms. The minimum Gasteiger partial charge on any atom is -0.367 e. The topological polar surface area (TPSA) is 101 Å². The molecule has 0 bridgehead atoms. The van der Waals surface area contributed by atoms with Gasteiger partial charge in [0.05, 0.1) is 30.8 Å². The number of halogens is 1. The molecular formula is C30H35FN8O2. The van der Waals surface area contributed by atoms with Gasteiger partial charge in [-0.15, -0.1) is 0 Å². The van der Waals surface area contributed by atoms with E-state index in [4.69, 9.17) is 0 Å². The summed E-state index contributed by atoms with van der Waals surface area (Å²) in [4.78, 5) is 30.1. The highest BCUT2D eigenvalue weighted by Crippen LogP contribution is 2.29. The molecule has 0 saturated carbocycles. The molecule has 3 atom stereocenters. The van der Waals surface area contributed by atoms with Crippen molar-refractivity contribution in [2.45, 2.75) is 51.0 Å². The number of likely N-dealkylation sites (tertiary alicyclic amines) is 1. The summed E-state index contributed by atoms with van der Waals surface area (Å²) < 4.78 is 18.3. The van der Waals surface area contributed by atoms with Gasteiger partial charge in [-0.1, -0.05) is 6.07 Å². The number of nitrogens with zero attached hydrogens (tertiary/aromatic N) is 7. The maximum atomic E-state index is 14.6. The van der Waals surface area contributed by atoms with Crippen LogP contribution in [-0.2, 0) is 18.4 Å². The summed E-state index contributed by atoms with van der Waals surface area (Å²) in [6, 6.07) is 7.72. The fourth-order valence-corrected chi connectivity index (χ4v) is 6.20. The fraction of sp³-hybridized carbons (Fsp3) is 0.433. The number of Topliss-reactive ketones (excluding diaryl/α,β-unsaturated/α-hetero) is 1. The second kappa shape index (κ2) is 11.4. The van der Waals surface area contributed by atoms with Gasteiger partial charge in [0.25, 0.3) is 0 Å². The predicted molar refractivity (Wildman–Crippen MR) is 154 cm³/mol. The average molecular weight is 559 g/mol. The van der Waals surface area contributed by atoms with E-state index in [1.807, 2.05) is 48.3 Å². The Balaban J connectivity index is 1.15. The van der Waals surface area contributed by atoms with E-state index in [9.17, 15) is 14.0 Å². The summed E-state index contributed by atoms with van der Waals surface area (Å²) in [5.41, 5.74) is 4.25. The van der Waals surface area contributed by atoms with Crippen LogP contribution in [-0.4, -0.2) is 85.6 Å². The molecule has 214 valence electrons. The first-order chi connectivity index (χ1) is 19.9. The van der Waals surface area contributed by atoms with Crippen LogP contribution in [0.1, 0.15) is 36.5 Å². The van der Waals surface area contributed by atoms with Crippen molar-refractivity contribution < 1.29 is 14.0 Å². The van der Waals surface area contributed by atoms with Gasteiger partial charge < -0.3 is 19.7 Å². The molecule has 1 amide bonds. The summed E-state index contributed by atoms with van der Waals surface area (Å²) in [6.07, 6.45) is 10.3. The largest absolute Gasteiger partial charge is 0.367 e. The van der Waals surface area contributed by atoms with Crippen molar-refractivity contribution in [1.82, 2.24) is 34.8 Å². The van der Waals surface area contributed by atoms with E-state index in [1.54, 1.807) is 28.2 Å². The number of fused-ring (bicyclic) bond motifs is 1. The number of benzene rings is 1. The zero-order valence-corrected chi connectivity index (χ0v) is 23.4. The lowest BCUT2D eigenvalue weighted by Crippen LogP contribution is -2.50. The maximum Gasteiger partial charge on any atom is 0.242 e. The molecule has 6 rings (SSSR count). The normalized spacial score (nSPS) is 21.1. The average Bonchev–Trinajstić information content (AvgIpc) is 3.69. The minimum atomic E-state index is -1.05. The van der Waals surface area contributed by atoms with Gasteiger partial charge in [-0.3, -0.25) is 14.3 Å². The van der Waals surface area contributed by atoms with E-state index in [0.29, 0.717) is 18.5 Å². The molecule has 0 radical (unpaired) electrons. The Hall–Kier alpha value is -4.12. The number of rotatable bonds is 8. The number of amides is 1. The number of piperidine rings is 1. The first-order valence-electron chi connectivity index (χ1n) is 14.2.